The summed E-state index contributed by atoms with van der Waals surface area (Å²) in [6.45, 7) is 1.66. The number of hydrogen-bond donors (Lipinski definition) is 0. The highest BCUT2D eigenvalue weighted by Gasteiger charge is 2.20. The van der Waals surface area contributed by atoms with Crippen LogP contribution in [0.15, 0.2) is 60.8 Å². The summed E-state index contributed by atoms with van der Waals surface area (Å²) in [6.07, 6.45) is 1.73. The van der Waals surface area contributed by atoms with E-state index in [1.807, 2.05) is 73.1 Å². The van der Waals surface area contributed by atoms with Crippen LogP contribution in [0.5, 0.6) is 0 Å². The van der Waals surface area contributed by atoms with E-state index in [1.165, 1.54) is 0 Å². The Hall–Kier alpha value is -3.08. The normalized spacial score (nSPS) is 12.0. The molecule has 0 aliphatic carbocycles. The number of aryl methyl sites for hydroxylation is 1. The van der Waals surface area contributed by atoms with Gasteiger partial charge in [0.05, 0.1) is 11.6 Å². The summed E-state index contributed by atoms with van der Waals surface area (Å²) >= 11 is 0. The SMILES string of the molecule is CC(c1ccccc1)N(C)C(=O)COC(=O)c1cn(C)c2ccccc12. The van der Waals surface area contributed by atoms with Crippen LogP contribution < -0.4 is 0 Å². The zero-order valence-corrected chi connectivity index (χ0v) is 15.2. The molecule has 0 bridgehead atoms. The van der Waals surface area contributed by atoms with Gasteiger partial charge in [0.1, 0.15) is 0 Å². The number of rotatable bonds is 5. The summed E-state index contributed by atoms with van der Waals surface area (Å²) in [5.74, 6) is -0.731. The van der Waals surface area contributed by atoms with Gasteiger partial charge in [0.15, 0.2) is 6.61 Å². The van der Waals surface area contributed by atoms with Crippen molar-refractivity contribution in [3.8, 4) is 0 Å². The standard InChI is InChI=1S/C21H22N2O3/c1-15(16-9-5-4-6-10-16)23(3)20(24)14-26-21(25)18-13-22(2)19-12-8-7-11-17(18)19/h4-13,15H,14H2,1-3H3. The highest BCUT2D eigenvalue weighted by molar-refractivity contribution is 6.04. The van der Waals surface area contributed by atoms with Crippen molar-refractivity contribution < 1.29 is 14.3 Å². The first-order valence-electron chi connectivity index (χ1n) is 8.51. The van der Waals surface area contributed by atoms with Crippen molar-refractivity contribution in [2.75, 3.05) is 13.7 Å². The van der Waals surface area contributed by atoms with Crippen LogP contribution in [-0.4, -0.2) is 35.0 Å². The lowest BCUT2D eigenvalue weighted by Gasteiger charge is -2.25. The average Bonchev–Trinajstić information content (AvgIpc) is 3.02. The third-order valence-corrected chi connectivity index (χ3v) is 4.70. The third-order valence-electron chi connectivity index (χ3n) is 4.70. The van der Waals surface area contributed by atoms with Gasteiger partial charge in [-0.25, -0.2) is 4.79 Å². The van der Waals surface area contributed by atoms with Crippen molar-refractivity contribution in [2.24, 2.45) is 7.05 Å². The quantitative estimate of drug-likeness (QED) is 0.661. The van der Waals surface area contributed by atoms with Gasteiger partial charge in [-0.2, -0.15) is 0 Å². The lowest BCUT2D eigenvalue weighted by Crippen LogP contribution is -2.33. The molecular formula is C21H22N2O3. The van der Waals surface area contributed by atoms with Gasteiger partial charge < -0.3 is 14.2 Å². The van der Waals surface area contributed by atoms with Gasteiger partial charge in [-0.1, -0.05) is 48.5 Å². The monoisotopic (exact) mass is 350 g/mol. The molecule has 0 N–H and O–H groups in total. The molecule has 1 unspecified atom stereocenters. The number of amides is 1. The topological polar surface area (TPSA) is 51.5 Å². The molecule has 5 heteroatoms. The summed E-state index contributed by atoms with van der Waals surface area (Å²) in [4.78, 5) is 26.4. The number of fused-ring (bicyclic) bond motifs is 1. The minimum Gasteiger partial charge on any atom is -0.452 e. The minimum atomic E-state index is -0.490. The third kappa shape index (κ3) is 3.47. The number of carbonyl (C=O) groups is 2. The lowest BCUT2D eigenvalue weighted by molar-refractivity contribution is -0.135. The predicted molar refractivity (Wildman–Crippen MR) is 101 cm³/mol. The Labute approximate surface area is 152 Å². The summed E-state index contributed by atoms with van der Waals surface area (Å²) in [5.41, 5.74) is 2.44. The Morgan fingerprint density at radius 1 is 1.08 bits per heavy atom. The van der Waals surface area contributed by atoms with E-state index in [1.54, 1.807) is 18.1 Å². The van der Waals surface area contributed by atoms with Crippen LogP contribution >= 0.6 is 0 Å². The molecule has 2 aromatic carbocycles. The van der Waals surface area contributed by atoms with E-state index in [0.717, 1.165) is 16.5 Å². The molecule has 3 rings (SSSR count). The molecule has 0 aliphatic heterocycles. The van der Waals surface area contributed by atoms with Gasteiger partial charge in [-0.3, -0.25) is 4.79 Å². The molecule has 0 saturated carbocycles. The van der Waals surface area contributed by atoms with Gasteiger partial charge in [-0.15, -0.1) is 0 Å². The zero-order chi connectivity index (χ0) is 18.7. The fourth-order valence-electron chi connectivity index (χ4n) is 2.98. The van der Waals surface area contributed by atoms with E-state index < -0.39 is 5.97 Å². The highest BCUT2D eigenvalue weighted by Crippen LogP contribution is 2.21. The van der Waals surface area contributed by atoms with Crippen LogP contribution in [-0.2, 0) is 16.6 Å². The van der Waals surface area contributed by atoms with Crippen molar-refractivity contribution in [1.82, 2.24) is 9.47 Å². The maximum Gasteiger partial charge on any atom is 0.340 e. The first kappa shape index (κ1) is 17.7. The largest absolute Gasteiger partial charge is 0.452 e. The van der Waals surface area contributed by atoms with Gasteiger partial charge >= 0.3 is 5.97 Å². The second kappa shape index (κ2) is 7.44. The molecule has 0 radical (unpaired) electrons. The van der Waals surface area contributed by atoms with E-state index in [-0.39, 0.29) is 18.6 Å². The number of para-hydroxylation sites is 1. The number of likely N-dealkylation sites (N-methyl/N-ethyl adjacent to an activating group) is 1. The number of nitrogens with zero attached hydrogens (tertiary/aromatic N) is 2. The van der Waals surface area contributed by atoms with Crippen molar-refractivity contribution in [3.63, 3.8) is 0 Å². The molecule has 0 saturated heterocycles. The molecule has 5 nitrogen and oxygen atoms in total. The summed E-state index contributed by atoms with van der Waals surface area (Å²) in [5, 5.41) is 0.818. The van der Waals surface area contributed by atoms with E-state index in [9.17, 15) is 9.59 Å². The Balaban J connectivity index is 1.66. The molecule has 0 fully saturated rings. The number of aromatic nitrogens is 1. The molecule has 26 heavy (non-hydrogen) atoms. The Bertz CT molecular complexity index is 931. The highest BCUT2D eigenvalue weighted by atomic mass is 16.5. The summed E-state index contributed by atoms with van der Waals surface area (Å²) in [7, 11) is 3.59. The van der Waals surface area contributed by atoms with Gasteiger partial charge in [0, 0.05) is 31.2 Å². The summed E-state index contributed by atoms with van der Waals surface area (Å²) < 4.78 is 7.15. The molecule has 1 aromatic heterocycles. The van der Waals surface area contributed by atoms with Crippen LogP contribution in [0.25, 0.3) is 10.9 Å². The van der Waals surface area contributed by atoms with Crippen molar-refractivity contribution in [2.45, 2.75) is 13.0 Å². The van der Waals surface area contributed by atoms with Gasteiger partial charge in [0.2, 0.25) is 0 Å². The first-order valence-corrected chi connectivity index (χ1v) is 8.51. The van der Waals surface area contributed by atoms with Gasteiger partial charge in [0.25, 0.3) is 5.91 Å². The number of hydrogen-bond acceptors (Lipinski definition) is 3. The number of carbonyl (C=O) groups excluding carboxylic acids is 2. The van der Waals surface area contributed by atoms with Crippen molar-refractivity contribution >= 4 is 22.8 Å². The van der Waals surface area contributed by atoms with E-state index in [4.69, 9.17) is 4.74 Å². The van der Waals surface area contributed by atoms with Crippen LogP contribution in [0.3, 0.4) is 0 Å². The van der Waals surface area contributed by atoms with Crippen LogP contribution in [0.2, 0.25) is 0 Å². The molecular weight excluding hydrogens is 328 g/mol. The maximum absolute atomic E-state index is 12.4. The second-order valence-electron chi connectivity index (χ2n) is 6.34. The lowest BCUT2D eigenvalue weighted by atomic mass is 10.1. The van der Waals surface area contributed by atoms with Crippen LogP contribution in [0.4, 0.5) is 0 Å². The Morgan fingerprint density at radius 3 is 2.46 bits per heavy atom. The first-order chi connectivity index (χ1) is 12.5. The van der Waals surface area contributed by atoms with E-state index >= 15 is 0 Å². The molecule has 1 atom stereocenters. The number of esters is 1. The Kier molecular flexibility index (Phi) is 5.07. The second-order valence-corrected chi connectivity index (χ2v) is 6.34. The van der Waals surface area contributed by atoms with Gasteiger partial charge in [-0.05, 0) is 18.6 Å². The smallest absolute Gasteiger partial charge is 0.340 e. The van der Waals surface area contributed by atoms with Crippen molar-refractivity contribution in [1.29, 1.82) is 0 Å². The molecule has 134 valence electrons. The predicted octanol–water partition coefficient (Wildman–Crippen LogP) is 3.55. The maximum atomic E-state index is 12.4. The fraction of sp³-hybridized carbons (Fsp3) is 0.238. The average molecular weight is 350 g/mol. The van der Waals surface area contributed by atoms with Crippen LogP contribution in [0, 0.1) is 0 Å². The zero-order valence-electron chi connectivity index (χ0n) is 15.2. The summed E-state index contributed by atoms with van der Waals surface area (Å²) in [6, 6.07) is 17.2. The molecule has 0 spiro atoms. The molecule has 3 aromatic rings. The molecule has 0 aliphatic rings. The van der Waals surface area contributed by atoms with E-state index in [2.05, 4.69) is 0 Å². The van der Waals surface area contributed by atoms with Crippen LogP contribution in [0.1, 0.15) is 28.9 Å². The minimum absolute atomic E-state index is 0.0973. The number of ether oxygens (including phenoxy) is 1. The molecule has 1 amide bonds. The van der Waals surface area contributed by atoms with Crippen molar-refractivity contribution in [3.05, 3.63) is 71.9 Å². The fourth-order valence-corrected chi connectivity index (χ4v) is 2.98. The van der Waals surface area contributed by atoms with E-state index in [0.29, 0.717) is 5.56 Å². The number of benzene rings is 2. The Morgan fingerprint density at radius 2 is 1.73 bits per heavy atom. The molecule has 1 heterocycles.